The molecule has 6 heteroatoms. The van der Waals surface area contributed by atoms with E-state index in [2.05, 4.69) is 0 Å². The molecule has 3 aromatic rings. The molecular weight excluding hydrogens is 356 g/mol. The number of ether oxygens (including phenoxy) is 2. The van der Waals surface area contributed by atoms with Crippen molar-refractivity contribution >= 4 is 22.8 Å². The molecule has 6 nitrogen and oxygen atoms in total. The normalized spacial score (nSPS) is 11.4. The Morgan fingerprint density at radius 3 is 2.46 bits per heavy atom. The highest BCUT2D eigenvalue weighted by Crippen LogP contribution is 2.28. The maximum absolute atomic E-state index is 11.9. The number of primary amides is 1. The maximum Gasteiger partial charge on any atom is 0.303 e. The van der Waals surface area contributed by atoms with Gasteiger partial charge in [-0.3, -0.25) is 9.59 Å². The summed E-state index contributed by atoms with van der Waals surface area (Å²) in [5.74, 6) is -0.224. The Hall–Kier alpha value is -3.28. The minimum atomic E-state index is -0.727. The first-order valence-electron chi connectivity index (χ1n) is 9.04. The highest BCUT2D eigenvalue weighted by atomic mass is 16.6. The van der Waals surface area contributed by atoms with Gasteiger partial charge in [0, 0.05) is 24.0 Å². The quantitative estimate of drug-likeness (QED) is 0.634. The monoisotopic (exact) mass is 380 g/mol. The molecule has 3 rings (SSSR count). The van der Waals surface area contributed by atoms with Gasteiger partial charge in [-0.1, -0.05) is 30.3 Å². The number of hydrogen-bond acceptors (Lipinski definition) is 4. The van der Waals surface area contributed by atoms with Crippen molar-refractivity contribution in [3.8, 4) is 5.75 Å². The van der Waals surface area contributed by atoms with Crippen molar-refractivity contribution < 1.29 is 19.1 Å². The van der Waals surface area contributed by atoms with Crippen LogP contribution in [0.2, 0.25) is 0 Å². The summed E-state index contributed by atoms with van der Waals surface area (Å²) in [6, 6.07) is 15.4. The summed E-state index contributed by atoms with van der Waals surface area (Å²) in [5, 5.41) is 0.705. The van der Waals surface area contributed by atoms with E-state index >= 15 is 0 Å². The van der Waals surface area contributed by atoms with Crippen LogP contribution in [0, 0.1) is 0 Å². The van der Waals surface area contributed by atoms with Crippen LogP contribution in [0.15, 0.2) is 54.7 Å². The lowest BCUT2D eigenvalue weighted by atomic mass is 10.1. The molecule has 0 bridgehead atoms. The third kappa shape index (κ3) is 4.52. The first-order valence-corrected chi connectivity index (χ1v) is 9.04. The van der Waals surface area contributed by atoms with Crippen LogP contribution in [0.1, 0.15) is 36.7 Å². The molecule has 1 heterocycles. The number of benzene rings is 2. The van der Waals surface area contributed by atoms with E-state index in [1.54, 1.807) is 6.20 Å². The molecule has 0 aliphatic heterocycles. The average Bonchev–Trinajstić information content (AvgIpc) is 2.97. The fourth-order valence-electron chi connectivity index (χ4n) is 3.27. The molecule has 0 saturated heterocycles. The Kier molecular flexibility index (Phi) is 5.40. The van der Waals surface area contributed by atoms with E-state index in [1.807, 2.05) is 66.9 Å². The predicted octanol–water partition coefficient (Wildman–Crippen LogP) is 3.66. The molecule has 146 valence electrons. The first-order chi connectivity index (χ1) is 13.2. The maximum atomic E-state index is 11.9. The second-order valence-corrected chi connectivity index (χ2v) is 7.34. The van der Waals surface area contributed by atoms with Crippen LogP contribution in [-0.2, 0) is 22.7 Å². The van der Waals surface area contributed by atoms with Crippen LogP contribution < -0.4 is 10.5 Å². The summed E-state index contributed by atoms with van der Waals surface area (Å²) < 4.78 is 13.1. The molecule has 2 N–H and O–H groups in total. The topological polar surface area (TPSA) is 83.5 Å². The molecule has 0 unspecified atom stereocenters. The second-order valence-electron chi connectivity index (χ2n) is 7.34. The zero-order valence-corrected chi connectivity index (χ0v) is 16.3. The predicted molar refractivity (Wildman–Crippen MR) is 107 cm³/mol. The van der Waals surface area contributed by atoms with E-state index in [1.165, 1.54) is 6.92 Å². The van der Waals surface area contributed by atoms with Gasteiger partial charge in [-0.25, -0.2) is 0 Å². The van der Waals surface area contributed by atoms with E-state index in [9.17, 15) is 9.59 Å². The zero-order chi connectivity index (χ0) is 20.3. The van der Waals surface area contributed by atoms with Crippen LogP contribution in [0.4, 0.5) is 0 Å². The number of aromatic nitrogens is 1. The SMILES string of the molecule is CC(=O)OC(C)(C)Cn1cc(C(N)=O)c2cc(OCc3ccccc3)ccc21. The largest absolute Gasteiger partial charge is 0.489 e. The average molecular weight is 380 g/mol. The minimum Gasteiger partial charge on any atom is -0.489 e. The molecule has 0 aliphatic carbocycles. The van der Waals surface area contributed by atoms with E-state index in [0.717, 1.165) is 11.1 Å². The fraction of sp³-hybridized carbons (Fsp3) is 0.273. The van der Waals surface area contributed by atoms with Gasteiger partial charge in [-0.05, 0) is 37.6 Å². The van der Waals surface area contributed by atoms with Gasteiger partial charge in [-0.2, -0.15) is 0 Å². The summed E-state index contributed by atoms with van der Waals surface area (Å²) in [7, 11) is 0. The van der Waals surface area contributed by atoms with Gasteiger partial charge in [0.15, 0.2) is 0 Å². The third-order valence-corrected chi connectivity index (χ3v) is 4.34. The van der Waals surface area contributed by atoms with Gasteiger partial charge in [0.2, 0.25) is 0 Å². The Morgan fingerprint density at radius 1 is 1.11 bits per heavy atom. The van der Waals surface area contributed by atoms with Gasteiger partial charge < -0.3 is 19.8 Å². The second kappa shape index (κ2) is 7.76. The lowest BCUT2D eigenvalue weighted by Crippen LogP contribution is -2.32. The lowest BCUT2D eigenvalue weighted by Gasteiger charge is -2.25. The highest BCUT2D eigenvalue weighted by Gasteiger charge is 2.24. The molecule has 0 atom stereocenters. The first kappa shape index (κ1) is 19.5. The molecule has 0 saturated carbocycles. The molecule has 0 spiro atoms. The summed E-state index contributed by atoms with van der Waals surface area (Å²) in [4.78, 5) is 23.3. The Morgan fingerprint density at radius 2 is 1.82 bits per heavy atom. The van der Waals surface area contributed by atoms with Crippen molar-refractivity contribution in [3.05, 3.63) is 65.9 Å². The number of carbonyl (C=O) groups is 2. The third-order valence-electron chi connectivity index (χ3n) is 4.34. The highest BCUT2D eigenvalue weighted by molar-refractivity contribution is 6.06. The van der Waals surface area contributed by atoms with E-state index < -0.39 is 11.5 Å². The van der Waals surface area contributed by atoms with Crippen molar-refractivity contribution in [2.45, 2.75) is 39.5 Å². The number of esters is 1. The van der Waals surface area contributed by atoms with Crippen molar-refractivity contribution in [2.24, 2.45) is 5.73 Å². The zero-order valence-electron chi connectivity index (χ0n) is 16.3. The van der Waals surface area contributed by atoms with Crippen molar-refractivity contribution in [1.82, 2.24) is 4.57 Å². The van der Waals surface area contributed by atoms with Crippen molar-refractivity contribution in [1.29, 1.82) is 0 Å². The van der Waals surface area contributed by atoms with Crippen molar-refractivity contribution in [2.75, 3.05) is 0 Å². The summed E-state index contributed by atoms with van der Waals surface area (Å²) in [5.41, 5.74) is 7.12. The number of rotatable bonds is 7. The van der Waals surface area contributed by atoms with Gasteiger partial charge in [0.1, 0.15) is 18.0 Å². The number of nitrogens with two attached hydrogens (primary N) is 1. The number of nitrogens with zero attached hydrogens (tertiary/aromatic N) is 1. The van der Waals surface area contributed by atoms with E-state index in [0.29, 0.717) is 29.9 Å². The van der Waals surface area contributed by atoms with Crippen LogP contribution in [0.5, 0.6) is 5.75 Å². The Balaban J connectivity index is 1.90. The number of hydrogen-bond donors (Lipinski definition) is 1. The van der Waals surface area contributed by atoms with Crippen LogP contribution >= 0.6 is 0 Å². The Labute approximate surface area is 163 Å². The summed E-state index contributed by atoms with van der Waals surface area (Å²) in [6.45, 7) is 5.84. The number of carbonyl (C=O) groups excluding carboxylic acids is 2. The van der Waals surface area contributed by atoms with Crippen molar-refractivity contribution in [3.63, 3.8) is 0 Å². The molecule has 0 aliphatic rings. The summed E-state index contributed by atoms with van der Waals surface area (Å²) in [6.07, 6.45) is 1.69. The Bertz CT molecular complexity index is 1010. The van der Waals surface area contributed by atoms with Gasteiger partial charge >= 0.3 is 5.97 Å². The van der Waals surface area contributed by atoms with Gasteiger partial charge in [0.25, 0.3) is 5.91 Å². The molecule has 1 aromatic heterocycles. The molecule has 28 heavy (non-hydrogen) atoms. The van der Waals surface area contributed by atoms with Gasteiger partial charge in [0.05, 0.1) is 12.1 Å². The standard InChI is InChI=1S/C22H24N2O4/c1-15(25)28-22(2,3)14-24-12-19(21(23)26)18-11-17(9-10-20(18)24)27-13-16-7-5-4-6-8-16/h4-12H,13-14H2,1-3H3,(H2,23,26). The molecular formula is C22H24N2O4. The minimum absolute atomic E-state index is 0.354. The number of amides is 1. The molecule has 2 aromatic carbocycles. The number of fused-ring (bicyclic) bond motifs is 1. The smallest absolute Gasteiger partial charge is 0.303 e. The fourth-order valence-corrected chi connectivity index (χ4v) is 3.27. The molecule has 0 radical (unpaired) electrons. The molecule has 1 amide bonds. The lowest BCUT2D eigenvalue weighted by molar-refractivity contribution is -0.154. The van der Waals surface area contributed by atoms with E-state index in [-0.39, 0.29) is 5.97 Å². The summed E-state index contributed by atoms with van der Waals surface area (Å²) >= 11 is 0. The molecule has 0 fully saturated rings. The van der Waals surface area contributed by atoms with Crippen LogP contribution in [0.25, 0.3) is 10.9 Å². The van der Waals surface area contributed by atoms with Crippen LogP contribution in [-0.4, -0.2) is 22.0 Å². The van der Waals surface area contributed by atoms with Gasteiger partial charge in [-0.15, -0.1) is 0 Å². The van der Waals surface area contributed by atoms with Crippen LogP contribution in [0.3, 0.4) is 0 Å². The van der Waals surface area contributed by atoms with E-state index in [4.69, 9.17) is 15.2 Å².